The van der Waals surface area contributed by atoms with Crippen LogP contribution in [-0.2, 0) is 0 Å². The van der Waals surface area contributed by atoms with Gasteiger partial charge in [0.25, 0.3) is 5.91 Å². The van der Waals surface area contributed by atoms with Gasteiger partial charge < -0.3 is 15.2 Å². The molecule has 4 aromatic rings. The van der Waals surface area contributed by atoms with Crippen LogP contribution in [-0.4, -0.2) is 43.1 Å². The van der Waals surface area contributed by atoms with E-state index in [1.807, 2.05) is 36.5 Å². The Morgan fingerprint density at radius 3 is 3.00 bits per heavy atom. The number of imidazole rings is 1. The van der Waals surface area contributed by atoms with Gasteiger partial charge in [-0.2, -0.15) is 5.10 Å². The molecule has 1 aromatic carbocycles. The molecular formula is C21H21N7O. The topological polar surface area (TPSA) is 91.2 Å². The van der Waals surface area contributed by atoms with Crippen LogP contribution in [0.15, 0.2) is 55.1 Å². The standard InChI is InChI=1S/C21H21N7O/c1-2-27(16-6-7-16)18-8-11-28-20(26-18)17(13-24-28)21(29)25-15-5-3-4-14(12-15)19-22-9-10-23-19/h3-5,8-13,16H,2,6-7H2,1H3,(H,22,23)(H,25,29). The highest BCUT2D eigenvalue weighted by Crippen LogP contribution is 2.30. The second-order valence-electron chi connectivity index (χ2n) is 7.10. The summed E-state index contributed by atoms with van der Waals surface area (Å²) in [7, 11) is 0. The molecule has 29 heavy (non-hydrogen) atoms. The van der Waals surface area contributed by atoms with E-state index in [1.165, 1.54) is 12.8 Å². The molecule has 0 atom stereocenters. The maximum atomic E-state index is 12.9. The second kappa shape index (κ2) is 7.05. The van der Waals surface area contributed by atoms with Crippen LogP contribution in [0.4, 0.5) is 11.5 Å². The summed E-state index contributed by atoms with van der Waals surface area (Å²) < 4.78 is 1.64. The minimum absolute atomic E-state index is 0.240. The Balaban J connectivity index is 1.43. The Morgan fingerprint density at radius 2 is 2.24 bits per heavy atom. The number of anilines is 2. The van der Waals surface area contributed by atoms with Crippen molar-refractivity contribution in [1.29, 1.82) is 0 Å². The lowest BCUT2D eigenvalue weighted by molar-refractivity contribution is 0.102. The lowest BCUT2D eigenvalue weighted by atomic mass is 10.2. The Morgan fingerprint density at radius 1 is 1.34 bits per heavy atom. The Labute approximate surface area is 167 Å². The van der Waals surface area contributed by atoms with E-state index in [1.54, 1.807) is 23.1 Å². The zero-order valence-corrected chi connectivity index (χ0v) is 16.0. The van der Waals surface area contributed by atoms with Gasteiger partial charge in [-0.15, -0.1) is 0 Å². The van der Waals surface area contributed by atoms with E-state index in [9.17, 15) is 4.79 Å². The minimum Gasteiger partial charge on any atom is -0.354 e. The number of fused-ring (bicyclic) bond motifs is 1. The molecule has 1 aliphatic rings. The molecule has 0 bridgehead atoms. The van der Waals surface area contributed by atoms with Crippen molar-refractivity contribution < 1.29 is 4.79 Å². The lowest BCUT2D eigenvalue weighted by Gasteiger charge is -2.21. The molecule has 5 rings (SSSR count). The van der Waals surface area contributed by atoms with Crippen molar-refractivity contribution in [2.24, 2.45) is 0 Å². The third kappa shape index (κ3) is 3.33. The van der Waals surface area contributed by atoms with Gasteiger partial charge in [0, 0.05) is 42.4 Å². The second-order valence-corrected chi connectivity index (χ2v) is 7.10. The first kappa shape index (κ1) is 17.4. The van der Waals surface area contributed by atoms with Crippen LogP contribution in [0.25, 0.3) is 17.0 Å². The predicted octanol–water partition coefficient (Wildman–Crippen LogP) is 3.36. The fourth-order valence-corrected chi connectivity index (χ4v) is 3.54. The van der Waals surface area contributed by atoms with Gasteiger partial charge in [-0.25, -0.2) is 14.5 Å². The number of aromatic amines is 1. The van der Waals surface area contributed by atoms with E-state index < -0.39 is 0 Å². The molecule has 1 fully saturated rings. The Bertz CT molecular complexity index is 1160. The molecule has 8 nitrogen and oxygen atoms in total. The summed E-state index contributed by atoms with van der Waals surface area (Å²) in [5.41, 5.74) is 2.59. The van der Waals surface area contributed by atoms with Gasteiger partial charge in [0.1, 0.15) is 17.2 Å². The highest BCUT2D eigenvalue weighted by Gasteiger charge is 2.29. The Hall–Kier alpha value is -3.68. The summed E-state index contributed by atoms with van der Waals surface area (Å²) in [4.78, 5) is 27.3. The van der Waals surface area contributed by atoms with Crippen molar-refractivity contribution in [2.75, 3.05) is 16.8 Å². The van der Waals surface area contributed by atoms with Crippen molar-refractivity contribution in [3.8, 4) is 11.4 Å². The number of aromatic nitrogens is 5. The zero-order chi connectivity index (χ0) is 19.8. The molecule has 0 unspecified atom stereocenters. The number of H-pyrrole nitrogens is 1. The molecule has 1 saturated carbocycles. The maximum absolute atomic E-state index is 12.9. The molecule has 0 saturated heterocycles. The molecule has 1 amide bonds. The van der Waals surface area contributed by atoms with Gasteiger partial charge in [-0.05, 0) is 38.0 Å². The van der Waals surface area contributed by atoms with Gasteiger partial charge in [-0.1, -0.05) is 12.1 Å². The van der Waals surface area contributed by atoms with E-state index in [2.05, 4.69) is 32.2 Å². The van der Waals surface area contributed by atoms with Gasteiger partial charge in [0.2, 0.25) is 0 Å². The fraction of sp³-hybridized carbons (Fsp3) is 0.238. The highest BCUT2D eigenvalue weighted by atomic mass is 16.1. The number of carbonyl (C=O) groups excluding carboxylic acids is 1. The predicted molar refractivity (Wildman–Crippen MR) is 111 cm³/mol. The van der Waals surface area contributed by atoms with Gasteiger partial charge in [-0.3, -0.25) is 4.79 Å². The number of nitrogens with zero attached hydrogens (tertiary/aromatic N) is 5. The van der Waals surface area contributed by atoms with E-state index >= 15 is 0 Å². The average Bonchev–Trinajstić information content (AvgIpc) is 3.26. The summed E-state index contributed by atoms with van der Waals surface area (Å²) in [5.74, 6) is 1.40. The lowest BCUT2D eigenvalue weighted by Crippen LogP contribution is -2.26. The summed E-state index contributed by atoms with van der Waals surface area (Å²) in [6.45, 7) is 3.02. The van der Waals surface area contributed by atoms with Crippen molar-refractivity contribution in [2.45, 2.75) is 25.8 Å². The summed E-state index contributed by atoms with van der Waals surface area (Å²) in [6.07, 6.45) is 9.27. The van der Waals surface area contributed by atoms with E-state index in [0.29, 0.717) is 22.9 Å². The van der Waals surface area contributed by atoms with Crippen molar-refractivity contribution >= 4 is 23.1 Å². The molecule has 2 N–H and O–H groups in total. The van der Waals surface area contributed by atoms with E-state index in [0.717, 1.165) is 23.8 Å². The normalized spacial score (nSPS) is 13.6. The van der Waals surface area contributed by atoms with Crippen LogP contribution in [0, 0.1) is 0 Å². The fourth-order valence-electron chi connectivity index (χ4n) is 3.54. The number of rotatable bonds is 6. The Kier molecular flexibility index (Phi) is 4.23. The van der Waals surface area contributed by atoms with Crippen LogP contribution in [0.5, 0.6) is 0 Å². The molecule has 0 spiro atoms. The third-order valence-corrected chi connectivity index (χ3v) is 5.11. The number of carbonyl (C=O) groups is 1. The number of benzene rings is 1. The van der Waals surface area contributed by atoms with Crippen molar-refractivity contribution in [3.63, 3.8) is 0 Å². The SMILES string of the molecule is CCN(c1ccn2ncc(C(=O)Nc3cccc(-c4ncc[nH]4)c3)c2n1)C1CC1. The molecule has 0 radical (unpaired) electrons. The van der Waals surface area contributed by atoms with Gasteiger partial charge in [0.15, 0.2) is 5.65 Å². The third-order valence-electron chi connectivity index (χ3n) is 5.11. The number of amides is 1. The maximum Gasteiger partial charge on any atom is 0.261 e. The average molecular weight is 387 g/mol. The number of nitrogens with one attached hydrogen (secondary N) is 2. The summed E-state index contributed by atoms with van der Waals surface area (Å²) >= 11 is 0. The largest absolute Gasteiger partial charge is 0.354 e. The first-order valence-corrected chi connectivity index (χ1v) is 9.75. The van der Waals surface area contributed by atoms with Crippen molar-refractivity contribution in [1.82, 2.24) is 24.6 Å². The molecule has 3 heterocycles. The van der Waals surface area contributed by atoms with Gasteiger partial charge in [0.05, 0.1) is 6.20 Å². The molecule has 1 aliphatic carbocycles. The molecular weight excluding hydrogens is 366 g/mol. The quantitative estimate of drug-likeness (QED) is 0.529. The molecule has 8 heteroatoms. The number of hydrogen-bond donors (Lipinski definition) is 2. The van der Waals surface area contributed by atoms with Crippen LogP contribution in [0.2, 0.25) is 0 Å². The van der Waals surface area contributed by atoms with Gasteiger partial charge >= 0.3 is 0 Å². The van der Waals surface area contributed by atoms with Crippen LogP contribution < -0.4 is 10.2 Å². The van der Waals surface area contributed by atoms with Crippen LogP contribution >= 0.6 is 0 Å². The summed E-state index contributed by atoms with van der Waals surface area (Å²) in [6, 6.07) is 10.1. The first-order valence-electron chi connectivity index (χ1n) is 9.75. The van der Waals surface area contributed by atoms with Crippen LogP contribution in [0.1, 0.15) is 30.1 Å². The van der Waals surface area contributed by atoms with Crippen LogP contribution in [0.3, 0.4) is 0 Å². The smallest absolute Gasteiger partial charge is 0.261 e. The number of hydrogen-bond acceptors (Lipinski definition) is 5. The first-order chi connectivity index (χ1) is 14.2. The van der Waals surface area contributed by atoms with E-state index in [4.69, 9.17) is 4.98 Å². The molecule has 3 aromatic heterocycles. The minimum atomic E-state index is -0.240. The molecule has 0 aliphatic heterocycles. The highest BCUT2D eigenvalue weighted by molar-refractivity contribution is 6.08. The van der Waals surface area contributed by atoms with Crippen molar-refractivity contribution in [3.05, 3.63) is 60.7 Å². The van der Waals surface area contributed by atoms with E-state index in [-0.39, 0.29) is 5.91 Å². The zero-order valence-electron chi connectivity index (χ0n) is 16.0. The monoisotopic (exact) mass is 387 g/mol. The molecule has 146 valence electrons. The summed E-state index contributed by atoms with van der Waals surface area (Å²) in [5, 5.41) is 7.24.